The molecule has 0 aliphatic carbocycles. The number of nitrogens with zero attached hydrogens (tertiary/aromatic N) is 2. The predicted molar refractivity (Wildman–Crippen MR) is 118 cm³/mol. The largest absolute Gasteiger partial charge is 0.493 e. The summed E-state index contributed by atoms with van der Waals surface area (Å²) in [7, 11) is 3.11. The fraction of sp³-hybridized carbons (Fsp3) is 0.348. The summed E-state index contributed by atoms with van der Waals surface area (Å²) in [6, 6.07) is 12.8. The molecule has 0 aromatic heterocycles. The Kier molecular flexibility index (Phi) is 5.54. The number of rotatable bonds is 4. The number of hydrogen-bond acceptors (Lipinski definition) is 5. The Morgan fingerprint density at radius 3 is 2.39 bits per heavy atom. The number of hydrogen-bond donors (Lipinski definition) is 2. The van der Waals surface area contributed by atoms with Gasteiger partial charge in [0.15, 0.2) is 11.5 Å². The summed E-state index contributed by atoms with van der Waals surface area (Å²) in [6.07, 6.45) is 1.13. The van der Waals surface area contributed by atoms with E-state index in [0.29, 0.717) is 48.8 Å². The summed E-state index contributed by atoms with van der Waals surface area (Å²) in [6.45, 7) is 2.98. The number of urea groups is 1. The van der Waals surface area contributed by atoms with E-state index >= 15 is 0 Å². The second-order valence-electron chi connectivity index (χ2n) is 7.80. The molecule has 2 heterocycles. The van der Waals surface area contributed by atoms with Crippen LogP contribution < -0.4 is 20.1 Å². The number of aliphatic imine (C=N–C) groups is 1. The highest BCUT2D eigenvalue weighted by atomic mass is 16.5. The third kappa shape index (κ3) is 4.19. The van der Waals surface area contributed by atoms with Crippen LogP contribution in [-0.4, -0.2) is 55.5 Å². The number of likely N-dealkylation sites (tertiary alicyclic amines) is 1. The van der Waals surface area contributed by atoms with Crippen molar-refractivity contribution >= 4 is 23.3 Å². The number of amides is 3. The van der Waals surface area contributed by atoms with Crippen molar-refractivity contribution in [2.24, 2.45) is 4.99 Å². The number of anilines is 1. The molecule has 3 amide bonds. The molecule has 2 N–H and O–H groups in total. The van der Waals surface area contributed by atoms with Crippen molar-refractivity contribution in [3.05, 3.63) is 53.6 Å². The number of aryl methyl sites for hydroxylation is 1. The van der Waals surface area contributed by atoms with Gasteiger partial charge in [0, 0.05) is 43.2 Å². The Hall–Kier alpha value is -3.55. The molecule has 162 valence electrons. The lowest BCUT2D eigenvalue weighted by molar-refractivity contribution is -0.115. The molecule has 8 heteroatoms. The first-order valence-electron chi connectivity index (χ1n) is 10.2. The fourth-order valence-electron chi connectivity index (χ4n) is 3.90. The van der Waals surface area contributed by atoms with Gasteiger partial charge in [-0.3, -0.25) is 9.79 Å². The quantitative estimate of drug-likeness (QED) is 0.792. The standard InChI is InChI=1S/C23H26N4O4/c1-15-4-6-16(7-5-15)20-21(28)26-23(25-20)10-12-27(13-11-23)22(29)24-17-8-9-18(30-2)19(14-17)31-3/h4-9,14H,10-13H2,1-3H3,(H,24,29)(H,26,28). The minimum Gasteiger partial charge on any atom is -0.493 e. The molecule has 1 saturated heterocycles. The van der Waals surface area contributed by atoms with E-state index in [2.05, 4.69) is 10.6 Å². The minimum atomic E-state index is -0.641. The zero-order valence-corrected chi connectivity index (χ0v) is 17.9. The van der Waals surface area contributed by atoms with Crippen LogP contribution in [0.15, 0.2) is 47.5 Å². The molecule has 2 aromatic rings. The minimum absolute atomic E-state index is 0.160. The van der Waals surface area contributed by atoms with Crippen molar-refractivity contribution in [3.8, 4) is 11.5 Å². The molecule has 0 saturated carbocycles. The van der Waals surface area contributed by atoms with Crippen molar-refractivity contribution in [2.75, 3.05) is 32.6 Å². The third-order valence-electron chi connectivity index (χ3n) is 5.72. The molecule has 8 nitrogen and oxygen atoms in total. The Morgan fingerprint density at radius 1 is 1.06 bits per heavy atom. The Morgan fingerprint density at radius 2 is 1.74 bits per heavy atom. The molecule has 1 spiro atoms. The van der Waals surface area contributed by atoms with Gasteiger partial charge >= 0.3 is 6.03 Å². The first-order chi connectivity index (χ1) is 14.9. The number of methoxy groups -OCH3 is 2. The van der Waals surface area contributed by atoms with E-state index in [1.54, 1.807) is 37.3 Å². The average Bonchev–Trinajstić information content (AvgIpc) is 3.10. The van der Waals surface area contributed by atoms with E-state index in [-0.39, 0.29) is 11.9 Å². The highest BCUT2D eigenvalue weighted by Gasteiger charge is 2.42. The van der Waals surface area contributed by atoms with Crippen molar-refractivity contribution in [2.45, 2.75) is 25.4 Å². The number of ether oxygens (including phenoxy) is 2. The number of piperidine rings is 1. The van der Waals surface area contributed by atoms with Crippen LogP contribution in [0, 0.1) is 6.92 Å². The maximum absolute atomic E-state index is 12.7. The van der Waals surface area contributed by atoms with Gasteiger partial charge in [0.05, 0.1) is 14.2 Å². The molecule has 0 bridgehead atoms. The first-order valence-corrected chi connectivity index (χ1v) is 10.2. The van der Waals surface area contributed by atoms with Crippen molar-refractivity contribution in [1.82, 2.24) is 10.2 Å². The van der Waals surface area contributed by atoms with Crippen LogP contribution in [0.1, 0.15) is 24.0 Å². The van der Waals surface area contributed by atoms with E-state index in [4.69, 9.17) is 14.5 Å². The van der Waals surface area contributed by atoms with Crippen LogP contribution in [0.2, 0.25) is 0 Å². The van der Waals surface area contributed by atoms with E-state index in [0.717, 1.165) is 11.1 Å². The first kappa shape index (κ1) is 20.7. The molecule has 4 rings (SSSR count). The average molecular weight is 422 g/mol. The predicted octanol–water partition coefficient (Wildman–Crippen LogP) is 2.96. The number of carbonyl (C=O) groups is 2. The molecule has 2 aliphatic rings. The molecule has 0 unspecified atom stereocenters. The van der Waals surface area contributed by atoms with Gasteiger partial charge in [-0.25, -0.2) is 4.79 Å². The van der Waals surface area contributed by atoms with Gasteiger partial charge in [-0.1, -0.05) is 29.8 Å². The van der Waals surface area contributed by atoms with Crippen LogP contribution in [0.3, 0.4) is 0 Å². The molecule has 31 heavy (non-hydrogen) atoms. The van der Waals surface area contributed by atoms with E-state index in [1.165, 1.54) is 0 Å². The van der Waals surface area contributed by atoms with Crippen LogP contribution in [0.25, 0.3) is 0 Å². The molecule has 0 radical (unpaired) electrons. The van der Waals surface area contributed by atoms with Crippen LogP contribution >= 0.6 is 0 Å². The summed E-state index contributed by atoms with van der Waals surface area (Å²) in [5, 5.41) is 5.93. The monoisotopic (exact) mass is 422 g/mol. The number of benzene rings is 2. The lowest BCUT2D eigenvalue weighted by Gasteiger charge is -2.37. The SMILES string of the molecule is COc1ccc(NC(=O)N2CCC3(CC2)N=C(c2ccc(C)cc2)C(=O)N3)cc1OC. The molecule has 1 fully saturated rings. The van der Waals surface area contributed by atoms with Gasteiger partial charge in [0.2, 0.25) is 0 Å². The van der Waals surface area contributed by atoms with Gasteiger partial charge in [-0.05, 0) is 19.1 Å². The van der Waals surface area contributed by atoms with Gasteiger partial charge in [0.1, 0.15) is 11.4 Å². The van der Waals surface area contributed by atoms with Crippen molar-refractivity contribution in [3.63, 3.8) is 0 Å². The fourth-order valence-corrected chi connectivity index (χ4v) is 3.90. The highest BCUT2D eigenvalue weighted by Crippen LogP contribution is 2.31. The molecule has 2 aromatic carbocycles. The van der Waals surface area contributed by atoms with Crippen molar-refractivity contribution < 1.29 is 19.1 Å². The molecule has 2 aliphatic heterocycles. The highest BCUT2D eigenvalue weighted by molar-refractivity contribution is 6.46. The maximum Gasteiger partial charge on any atom is 0.321 e. The van der Waals surface area contributed by atoms with E-state index in [9.17, 15) is 9.59 Å². The Bertz CT molecular complexity index is 1020. The summed E-state index contributed by atoms with van der Waals surface area (Å²) >= 11 is 0. The summed E-state index contributed by atoms with van der Waals surface area (Å²) < 4.78 is 10.5. The number of nitrogens with one attached hydrogen (secondary N) is 2. The smallest absolute Gasteiger partial charge is 0.321 e. The number of carbonyl (C=O) groups excluding carboxylic acids is 2. The molecule has 0 atom stereocenters. The topological polar surface area (TPSA) is 92.3 Å². The van der Waals surface area contributed by atoms with Gasteiger partial charge in [0.25, 0.3) is 5.91 Å². The Balaban J connectivity index is 1.41. The van der Waals surface area contributed by atoms with E-state index in [1.807, 2.05) is 31.2 Å². The third-order valence-corrected chi connectivity index (χ3v) is 5.72. The van der Waals surface area contributed by atoms with Gasteiger partial charge < -0.3 is 25.0 Å². The lowest BCUT2D eigenvalue weighted by Crippen LogP contribution is -2.53. The molecular weight excluding hydrogens is 396 g/mol. The van der Waals surface area contributed by atoms with Crippen molar-refractivity contribution in [1.29, 1.82) is 0 Å². The maximum atomic E-state index is 12.7. The lowest BCUT2D eigenvalue weighted by atomic mass is 9.98. The normalized spacial score (nSPS) is 17.2. The second kappa shape index (κ2) is 8.29. The summed E-state index contributed by atoms with van der Waals surface area (Å²) in [5.74, 6) is 0.983. The van der Waals surface area contributed by atoms with E-state index < -0.39 is 5.66 Å². The van der Waals surface area contributed by atoms with Crippen LogP contribution in [-0.2, 0) is 4.79 Å². The zero-order chi connectivity index (χ0) is 22.0. The Labute approximate surface area is 181 Å². The van der Waals surface area contributed by atoms with Gasteiger partial charge in [-0.2, -0.15) is 0 Å². The van der Waals surface area contributed by atoms with Gasteiger partial charge in [-0.15, -0.1) is 0 Å². The summed E-state index contributed by atoms with van der Waals surface area (Å²) in [5.41, 5.74) is 2.39. The summed E-state index contributed by atoms with van der Waals surface area (Å²) in [4.78, 5) is 31.7. The van der Waals surface area contributed by atoms with Crippen LogP contribution in [0.4, 0.5) is 10.5 Å². The molecular formula is C23H26N4O4. The zero-order valence-electron chi connectivity index (χ0n) is 17.9. The van der Waals surface area contributed by atoms with Crippen LogP contribution in [0.5, 0.6) is 11.5 Å². The second-order valence-corrected chi connectivity index (χ2v) is 7.80.